The Morgan fingerprint density at radius 3 is 2.55 bits per heavy atom. The normalized spacial score (nSPS) is 19.0. The Morgan fingerprint density at radius 2 is 1.93 bits per heavy atom. The first kappa shape index (κ1) is 27.2. The molecule has 208 valence electrons. The van der Waals surface area contributed by atoms with Crippen molar-refractivity contribution < 1.29 is 19.2 Å². The summed E-state index contributed by atoms with van der Waals surface area (Å²) in [6, 6.07) is 11.9. The number of piperazine rings is 1. The SMILES string of the molecule is CC(C)Oc1cc([N+](=O)[O-])ccc1C1=N[C@@H](c2ccn(C)c2)[C@@H](c2ccc(Cl)cc2)N1C(=O)N1CCNC(=O)C1. The maximum atomic E-state index is 14.3. The third kappa shape index (κ3) is 5.37. The standard InChI is InChI=1S/C28H29ClN6O5/c1-17(2)40-23-14-21(35(38)39)8-9-22(23)27-31-25(19-10-12-32(3)15-19)26(18-4-6-20(29)7-5-18)34(27)28(37)33-13-11-30-24(36)16-33/h4-10,12,14-15,17,25-26H,11,13,16H2,1-3H3,(H,30,36)/t25-,26+/m0/s1. The number of rotatable bonds is 6. The third-order valence-electron chi connectivity index (χ3n) is 6.77. The fraction of sp³-hybridized carbons (Fsp3) is 0.321. The molecule has 3 aromatic rings. The molecule has 11 nitrogen and oxygen atoms in total. The molecule has 2 aliphatic rings. The van der Waals surface area contributed by atoms with Crippen molar-refractivity contribution in [3.05, 3.63) is 92.8 Å². The summed E-state index contributed by atoms with van der Waals surface area (Å²) in [6.45, 7) is 4.20. The van der Waals surface area contributed by atoms with Crippen LogP contribution < -0.4 is 10.1 Å². The summed E-state index contributed by atoms with van der Waals surface area (Å²) in [5.74, 6) is 0.287. The second-order valence-corrected chi connectivity index (χ2v) is 10.5. The van der Waals surface area contributed by atoms with Gasteiger partial charge in [-0.1, -0.05) is 23.7 Å². The largest absolute Gasteiger partial charge is 0.490 e. The molecule has 2 atom stereocenters. The fourth-order valence-corrected chi connectivity index (χ4v) is 5.14. The maximum Gasteiger partial charge on any atom is 0.326 e. The number of amides is 3. The molecule has 0 spiro atoms. The van der Waals surface area contributed by atoms with Gasteiger partial charge in [-0.15, -0.1) is 0 Å². The Bertz CT molecular complexity index is 1480. The lowest BCUT2D eigenvalue weighted by Gasteiger charge is -2.35. The van der Waals surface area contributed by atoms with E-state index in [9.17, 15) is 19.7 Å². The minimum Gasteiger partial charge on any atom is -0.490 e. The van der Waals surface area contributed by atoms with Crippen LogP contribution in [0.25, 0.3) is 0 Å². The van der Waals surface area contributed by atoms with Crippen molar-refractivity contribution in [2.24, 2.45) is 12.0 Å². The Kier molecular flexibility index (Phi) is 7.49. The fourth-order valence-electron chi connectivity index (χ4n) is 5.01. The van der Waals surface area contributed by atoms with E-state index in [0.717, 1.165) is 11.1 Å². The molecule has 1 aromatic heterocycles. The lowest BCUT2D eigenvalue weighted by Crippen LogP contribution is -2.55. The zero-order valence-corrected chi connectivity index (χ0v) is 23.0. The number of nitro benzene ring substituents is 1. The van der Waals surface area contributed by atoms with Crippen molar-refractivity contribution in [1.29, 1.82) is 0 Å². The van der Waals surface area contributed by atoms with E-state index >= 15 is 0 Å². The van der Waals surface area contributed by atoms with Crippen molar-refractivity contribution in [2.75, 3.05) is 19.6 Å². The van der Waals surface area contributed by atoms with E-state index in [1.807, 2.05) is 56.1 Å². The van der Waals surface area contributed by atoms with Gasteiger partial charge in [-0.3, -0.25) is 24.8 Å². The minimum absolute atomic E-state index is 0.0957. The number of amidine groups is 1. The zero-order chi connectivity index (χ0) is 28.6. The van der Waals surface area contributed by atoms with Crippen molar-refractivity contribution in [1.82, 2.24) is 19.7 Å². The van der Waals surface area contributed by atoms with Gasteiger partial charge >= 0.3 is 6.03 Å². The highest BCUT2D eigenvalue weighted by molar-refractivity contribution is 6.30. The average molecular weight is 565 g/mol. The number of hydrogen-bond donors (Lipinski definition) is 1. The van der Waals surface area contributed by atoms with Crippen molar-refractivity contribution in [2.45, 2.75) is 32.0 Å². The number of benzene rings is 2. The molecule has 12 heteroatoms. The van der Waals surface area contributed by atoms with Crippen LogP contribution in [0.15, 0.2) is 65.9 Å². The van der Waals surface area contributed by atoms with Gasteiger partial charge in [-0.05, 0) is 49.2 Å². The van der Waals surface area contributed by atoms with Gasteiger partial charge in [0.1, 0.15) is 24.2 Å². The molecule has 0 saturated carbocycles. The van der Waals surface area contributed by atoms with Gasteiger partial charge in [0.25, 0.3) is 5.69 Å². The van der Waals surface area contributed by atoms with Gasteiger partial charge in [-0.2, -0.15) is 0 Å². The van der Waals surface area contributed by atoms with E-state index < -0.39 is 23.0 Å². The lowest BCUT2D eigenvalue weighted by atomic mass is 9.95. The molecule has 1 N–H and O–H groups in total. The number of carbonyl (C=O) groups is 2. The van der Waals surface area contributed by atoms with E-state index in [4.69, 9.17) is 21.3 Å². The van der Waals surface area contributed by atoms with Gasteiger partial charge in [0, 0.05) is 43.6 Å². The number of aromatic nitrogens is 1. The highest BCUT2D eigenvalue weighted by Gasteiger charge is 2.45. The van der Waals surface area contributed by atoms with E-state index in [0.29, 0.717) is 29.5 Å². The molecule has 0 radical (unpaired) electrons. The number of nitro groups is 1. The molecule has 3 heterocycles. The number of nitrogens with one attached hydrogen (secondary N) is 1. The predicted octanol–water partition coefficient (Wildman–Crippen LogP) is 4.47. The molecule has 2 aliphatic heterocycles. The van der Waals surface area contributed by atoms with E-state index in [1.54, 1.807) is 23.1 Å². The van der Waals surface area contributed by atoms with Crippen molar-refractivity contribution in [3.8, 4) is 5.75 Å². The van der Waals surface area contributed by atoms with E-state index in [2.05, 4.69) is 5.32 Å². The lowest BCUT2D eigenvalue weighted by molar-refractivity contribution is -0.384. The number of hydrogen-bond acceptors (Lipinski definition) is 6. The van der Waals surface area contributed by atoms with Gasteiger partial charge < -0.3 is 19.5 Å². The summed E-state index contributed by atoms with van der Waals surface area (Å²) in [6.07, 6.45) is 3.55. The average Bonchev–Trinajstić information content (AvgIpc) is 3.52. The Labute approximate surface area is 236 Å². The van der Waals surface area contributed by atoms with Crippen molar-refractivity contribution >= 4 is 35.1 Å². The maximum absolute atomic E-state index is 14.3. The van der Waals surface area contributed by atoms with E-state index in [1.165, 1.54) is 17.0 Å². The topological polar surface area (TPSA) is 122 Å². The monoisotopic (exact) mass is 564 g/mol. The van der Waals surface area contributed by atoms with Crippen LogP contribution in [-0.4, -0.2) is 62.8 Å². The molecular weight excluding hydrogens is 536 g/mol. The van der Waals surface area contributed by atoms with Crippen LogP contribution >= 0.6 is 11.6 Å². The number of halogens is 1. The second kappa shape index (κ2) is 11.0. The van der Waals surface area contributed by atoms with Gasteiger partial charge in [0.15, 0.2) is 0 Å². The first-order valence-electron chi connectivity index (χ1n) is 12.9. The van der Waals surface area contributed by atoms with Crippen molar-refractivity contribution in [3.63, 3.8) is 0 Å². The number of ether oxygens (including phenoxy) is 1. The molecule has 1 saturated heterocycles. The number of urea groups is 1. The highest BCUT2D eigenvalue weighted by Crippen LogP contribution is 2.45. The first-order chi connectivity index (χ1) is 19.1. The molecule has 0 unspecified atom stereocenters. The zero-order valence-electron chi connectivity index (χ0n) is 22.3. The Hall–Kier alpha value is -4.38. The van der Waals surface area contributed by atoms with Gasteiger partial charge in [0.2, 0.25) is 5.91 Å². The highest BCUT2D eigenvalue weighted by atomic mass is 35.5. The Morgan fingerprint density at radius 1 is 1.18 bits per heavy atom. The number of carbonyl (C=O) groups excluding carboxylic acids is 2. The molecule has 40 heavy (non-hydrogen) atoms. The van der Waals surface area contributed by atoms with E-state index in [-0.39, 0.29) is 30.0 Å². The minimum atomic E-state index is -0.589. The Balaban J connectivity index is 1.71. The van der Waals surface area contributed by atoms with Crippen LogP contribution in [-0.2, 0) is 11.8 Å². The summed E-state index contributed by atoms with van der Waals surface area (Å²) in [4.78, 5) is 45.8. The van der Waals surface area contributed by atoms with Crippen LogP contribution in [0.2, 0.25) is 5.02 Å². The summed E-state index contributed by atoms with van der Waals surface area (Å²) in [7, 11) is 1.90. The molecular formula is C28H29ClN6O5. The summed E-state index contributed by atoms with van der Waals surface area (Å²) < 4.78 is 7.92. The van der Waals surface area contributed by atoms with Crippen LogP contribution in [0.5, 0.6) is 5.75 Å². The number of non-ortho nitro benzene ring substituents is 1. The van der Waals surface area contributed by atoms with Crippen LogP contribution in [0.4, 0.5) is 10.5 Å². The summed E-state index contributed by atoms with van der Waals surface area (Å²) in [5, 5.41) is 14.9. The summed E-state index contributed by atoms with van der Waals surface area (Å²) in [5.41, 5.74) is 1.96. The third-order valence-corrected chi connectivity index (χ3v) is 7.02. The first-order valence-corrected chi connectivity index (χ1v) is 13.3. The predicted molar refractivity (Wildman–Crippen MR) is 150 cm³/mol. The second-order valence-electron chi connectivity index (χ2n) is 10.0. The quantitative estimate of drug-likeness (QED) is 0.349. The smallest absolute Gasteiger partial charge is 0.326 e. The molecule has 1 fully saturated rings. The number of nitrogens with zero attached hydrogens (tertiary/aromatic N) is 5. The van der Waals surface area contributed by atoms with Gasteiger partial charge in [0.05, 0.1) is 28.7 Å². The molecule has 0 bridgehead atoms. The van der Waals surface area contributed by atoms with Crippen LogP contribution in [0.1, 0.15) is 42.6 Å². The molecule has 2 aromatic carbocycles. The molecule has 3 amide bonds. The van der Waals surface area contributed by atoms with Gasteiger partial charge in [-0.25, -0.2) is 4.79 Å². The molecule has 5 rings (SSSR count). The number of aryl methyl sites for hydroxylation is 1. The van der Waals surface area contributed by atoms with Crippen LogP contribution in [0.3, 0.4) is 0 Å². The van der Waals surface area contributed by atoms with Crippen LogP contribution in [0, 0.1) is 10.1 Å². The molecule has 0 aliphatic carbocycles. The number of aliphatic imine (C=N–C) groups is 1. The summed E-state index contributed by atoms with van der Waals surface area (Å²) >= 11 is 6.21.